The molecule has 4 rings (SSSR count). The zero-order chi connectivity index (χ0) is 14.8. The fourth-order valence-corrected chi connectivity index (χ4v) is 1.91. The van der Waals surface area contributed by atoms with Gasteiger partial charge in [-0.15, -0.1) is 5.10 Å². The van der Waals surface area contributed by atoms with E-state index in [1.165, 1.54) is 0 Å². The second kappa shape index (κ2) is 5.17. The maximum absolute atomic E-state index is 5.21. The summed E-state index contributed by atoms with van der Waals surface area (Å²) in [6.07, 6.45) is 6.44. The van der Waals surface area contributed by atoms with Gasteiger partial charge >= 0.3 is 0 Å². The molecule has 0 spiro atoms. The molecule has 0 atom stereocenters. The minimum Gasteiger partial charge on any atom is -0.332 e. The highest BCUT2D eigenvalue weighted by Gasteiger charge is 2.15. The fraction of sp³-hybridized carbons (Fsp3) is 0. The number of aromatic nitrogens is 7. The van der Waals surface area contributed by atoms with Gasteiger partial charge in [-0.3, -0.25) is 4.98 Å². The first kappa shape index (κ1) is 12.3. The average Bonchev–Trinajstić information content (AvgIpc) is 3.26. The van der Waals surface area contributed by atoms with Crippen LogP contribution in [0, 0.1) is 0 Å². The van der Waals surface area contributed by atoms with Crippen molar-refractivity contribution in [1.82, 2.24) is 35.1 Å². The normalized spacial score (nSPS) is 10.7. The number of para-hydroxylation sites is 1. The van der Waals surface area contributed by atoms with Crippen LogP contribution in [-0.4, -0.2) is 35.1 Å². The molecule has 0 aliphatic heterocycles. The fourth-order valence-electron chi connectivity index (χ4n) is 1.91. The highest BCUT2D eigenvalue weighted by atomic mass is 16.5. The zero-order valence-corrected chi connectivity index (χ0v) is 11.2. The first-order chi connectivity index (χ1) is 10.9. The van der Waals surface area contributed by atoms with E-state index in [2.05, 4.69) is 30.4 Å². The minimum atomic E-state index is 0.280. The lowest BCUT2D eigenvalue weighted by Gasteiger charge is -1.96. The van der Waals surface area contributed by atoms with E-state index < -0.39 is 0 Å². The van der Waals surface area contributed by atoms with E-state index in [-0.39, 0.29) is 5.89 Å². The number of hydrogen-bond donors (Lipinski definition) is 0. The molecule has 0 fully saturated rings. The molecule has 8 nitrogen and oxygen atoms in total. The predicted molar refractivity (Wildman–Crippen MR) is 75.7 cm³/mol. The van der Waals surface area contributed by atoms with Crippen molar-refractivity contribution >= 4 is 0 Å². The molecule has 0 amide bonds. The summed E-state index contributed by atoms with van der Waals surface area (Å²) in [5, 5.41) is 12.0. The first-order valence-corrected chi connectivity index (χ1v) is 6.48. The van der Waals surface area contributed by atoms with Crippen molar-refractivity contribution < 1.29 is 4.52 Å². The molecule has 0 aliphatic rings. The molecule has 0 N–H and O–H groups in total. The van der Waals surface area contributed by atoms with E-state index in [0.717, 1.165) is 5.69 Å². The van der Waals surface area contributed by atoms with Crippen molar-refractivity contribution in [3.8, 4) is 28.8 Å². The minimum absolute atomic E-state index is 0.280. The SMILES string of the molecule is c1ccc(-n2cc(-c3nc(-c4cnccn4)no3)nn2)cc1. The Morgan fingerprint density at radius 2 is 1.91 bits per heavy atom. The van der Waals surface area contributed by atoms with Gasteiger partial charge in [0.1, 0.15) is 5.69 Å². The van der Waals surface area contributed by atoms with Crippen LogP contribution >= 0.6 is 0 Å². The van der Waals surface area contributed by atoms with Crippen molar-refractivity contribution in [2.75, 3.05) is 0 Å². The molecule has 106 valence electrons. The number of hydrogen-bond acceptors (Lipinski definition) is 7. The quantitative estimate of drug-likeness (QED) is 0.567. The van der Waals surface area contributed by atoms with Crippen LogP contribution in [0.2, 0.25) is 0 Å². The van der Waals surface area contributed by atoms with Gasteiger partial charge in [0.25, 0.3) is 5.89 Å². The molecular formula is C14H9N7O. The Labute approximate surface area is 124 Å². The van der Waals surface area contributed by atoms with Crippen molar-refractivity contribution in [2.45, 2.75) is 0 Å². The van der Waals surface area contributed by atoms with E-state index in [4.69, 9.17) is 4.52 Å². The highest BCUT2D eigenvalue weighted by Crippen LogP contribution is 2.19. The molecular weight excluding hydrogens is 282 g/mol. The van der Waals surface area contributed by atoms with Crippen LogP contribution in [-0.2, 0) is 0 Å². The topological polar surface area (TPSA) is 95.4 Å². The lowest BCUT2D eigenvalue weighted by molar-refractivity contribution is 0.430. The van der Waals surface area contributed by atoms with Crippen LogP contribution in [0.3, 0.4) is 0 Å². The molecule has 3 aromatic heterocycles. The maximum atomic E-state index is 5.21. The summed E-state index contributed by atoms with van der Waals surface area (Å²) in [6.45, 7) is 0. The molecule has 0 saturated heterocycles. The van der Waals surface area contributed by atoms with Gasteiger partial charge in [-0.2, -0.15) is 4.98 Å². The van der Waals surface area contributed by atoms with Crippen molar-refractivity contribution in [2.24, 2.45) is 0 Å². The third-order valence-corrected chi connectivity index (χ3v) is 2.95. The second-order valence-electron chi connectivity index (χ2n) is 4.40. The van der Waals surface area contributed by atoms with Crippen molar-refractivity contribution in [3.63, 3.8) is 0 Å². The first-order valence-electron chi connectivity index (χ1n) is 6.48. The van der Waals surface area contributed by atoms with E-state index in [1.807, 2.05) is 30.3 Å². The molecule has 4 aromatic rings. The predicted octanol–water partition coefficient (Wildman–Crippen LogP) is 1.77. The molecule has 0 aliphatic carbocycles. The average molecular weight is 291 g/mol. The number of nitrogens with zero attached hydrogens (tertiary/aromatic N) is 7. The molecule has 8 heteroatoms. The number of benzene rings is 1. The summed E-state index contributed by atoms with van der Waals surface area (Å²) >= 11 is 0. The van der Waals surface area contributed by atoms with Gasteiger partial charge in [0.05, 0.1) is 18.1 Å². The molecule has 1 aromatic carbocycles. The summed E-state index contributed by atoms with van der Waals surface area (Å²) in [4.78, 5) is 12.4. The lowest BCUT2D eigenvalue weighted by Crippen LogP contribution is -1.93. The maximum Gasteiger partial charge on any atom is 0.280 e. The Balaban J connectivity index is 1.66. The third-order valence-electron chi connectivity index (χ3n) is 2.95. The Morgan fingerprint density at radius 3 is 2.73 bits per heavy atom. The van der Waals surface area contributed by atoms with E-state index in [0.29, 0.717) is 17.2 Å². The highest BCUT2D eigenvalue weighted by molar-refractivity contribution is 5.52. The van der Waals surface area contributed by atoms with Crippen LogP contribution in [0.25, 0.3) is 28.8 Å². The standard InChI is InChI=1S/C14H9N7O/c1-2-4-10(5-3-1)21-9-12(18-20-21)14-17-13(19-22-14)11-8-15-6-7-16-11/h1-9H. The van der Waals surface area contributed by atoms with E-state index in [1.54, 1.807) is 29.5 Å². The largest absolute Gasteiger partial charge is 0.332 e. The molecule has 0 bridgehead atoms. The smallest absolute Gasteiger partial charge is 0.280 e. The Kier molecular flexibility index (Phi) is 2.90. The molecule has 3 heterocycles. The van der Waals surface area contributed by atoms with Crippen molar-refractivity contribution in [3.05, 3.63) is 55.1 Å². The lowest BCUT2D eigenvalue weighted by atomic mass is 10.3. The van der Waals surface area contributed by atoms with Crippen LogP contribution in [0.4, 0.5) is 0 Å². The van der Waals surface area contributed by atoms with Gasteiger partial charge < -0.3 is 4.52 Å². The summed E-state index contributed by atoms with van der Waals surface area (Å²) in [6, 6.07) is 9.65. The molecule has 0 saturated carbocycles. The zero-order valence-electron chi connectivity index (χ0n) is 11.2. The van der Waals surface area contributed by atoms with Gasteiger partial charge in [-0.05, 0) is 12.1 Å². The van der Waals surface area contributed by atoms with Crippen LogP contribution in [0.1, 0.15) is 0 Å². The molecule has 0 unspecified atom stereocenters. The van der Waals surface area contributed by atoms with Crippen LogP contribution < -0.4 is 0 Å². The van der Waals surface area contributed by atoms with Crippen LogP contribution in [0.5, 0.6) is 0 Å². The van der Waals surface area contributed by atoms with Gasteiger partial charge in [0, 0.05) is 12.4 Å². The third kappa shape index (κ3) is 2.22. The summed E-state index contributed by atoms with van der Waals surface area (Å²) in [5.41, 5.74) is 1.93. The van der Waals surface area contributed by atoms with Gasteiger partial charge in [0.15, 0.2) is 5.69 Å². The van der Waals surface area contributed by atoms with Gasteiger partial charge in [0.2, 0.25) is 5.82 Å². The molecule has 0 radical (unpaired) electrons. The van der Waals surface area contributed by atoms with Gasteiger partial charge in [-0.1, -0.05) is 28.6 Å². The molecule has 22 heavy (non-hydrogen) atoms. The Morgan fingerprint density at radius 1 is 1.00 bits per heavy atom. The van der Waals surface area contributed by atoms with Crippen LogP contribution in [0.15, 0.2) is 59.6 Å². The summed E-state index contributed by atoms with van der Waals surface area (Å²) in [5.74, 6) is 0.639. The Hall–Kier alpha value is -3.42. The van der Waals surface area contributed by atoms with E-state index in [9.17, 15) is 0 Å². The van der Waals surface area contributed by atoms with Gasteiger partial charge in [-0.25, -0.2) is 9.67 Å². The van der Waals surface area contributed by atoms with Crippen molar-refractivity contribution in [1.29, 1.82) is 0 Å². The summed E-state index contributed by atoms with van der Waals surface area (Å²) in [7, 11) is 0. The monoisotopic (exact) mass is 291 g/mol. The number of rotatable bonds is 3. The second-order valence-corrected chi connectivity index (χ2v) is 4.40. The Bertz CT molecular complexity index is 810. The summed E-state index contributed by atoms with van der Waals surface area (Å²) < 4.78 is 6.85. The van der Waals surface area contributed by atoms with E-state index >= 15 is 0 Å².